The molecule has 4 aromatic rings. The number of halogens is 1. The molecule has 1 atom stereocenters. The van der Waals surface area contributed by atoms with Gasteiger partial charge in [-0.2, -0.15) is 0 Å². The van der Waals surface area contributed by atoms with E-state index in [1.165, 1.54) is 17.7 Å². The number of nitrogens with one attached hydrogen (secondary N) is 1. The molecule has 0 spiro atoms. The lowest BCUT2D eigenvalue weighted by molar-refractivity contribution is 0.628. The molecule has 0 saturated carbocycles. The summed E-state index contributed by atoms with van der Waals surface area (Å²) in [7, 11) is 0. The second kappa shape index (κ2) is 6.16. The Morgan fingerprint density at radius 2 is 1.75 bits per heavy atom. The fourth-order valence-electron chi connectivity index (χ4n) is 3.05. The van der Waals surface area contributed by atoms with E-state index in [9.17, 15) is 4.39 Å². The minimum absolute atomic E-state index is 0.00000283. The van der Waals surface area contributed by atoms with E-state index in [1.807, 2.05) is 43.1 Å². The molecule has 0 aliphatic heterocycles. The van der Waals surface area contributed by atoms with Gasteiger partial charge >= 0.3 is 0 Å². The molecule has 0 radical (unpaired) electrons. The summed E-state index contributed by atoms with van der Waals surface area (Å²) in [6.07, 6.45) is 9.50. The largest absolute Gasteiger partial charge is 0.367 e. The molecule has 0 aliphatic carbocycles. The molecule has 118 valence electrons. The highest BCUT2D eigenvalue weighted by molar-refractivity contribution is 5.68. The maximum absolute atomic E-state index is 13.3. The average molecular weight is 317 g/mol. The molecule has 2 aromatic heterocycles. The number of nitrogens with zero attached hydrogens (tertiary/aromatic N) is 2. The SMILES string of the molecule is Fc1ccc(-c2c[nH]cc2[C@@H](c2ccccc2)n2ccnc2)cc1. The van der Waals surface area contributed by atoms with Gasteiger partial charge in [-0.1, -0.05) is 42.5 Å². The van der Waals surface area contributed by atoms with Crippen LogP contribution in [0.1, 0.15) is 17.2 Å². The number of aromatic nitrogens is 3. The van der Waals surface area contributed by atoms with Gasteiger partial charge in [0.1, 0.15) is 5.82 Å². The highest BCUT2D eigenvalue weighted by Crippen LogP contribution is 2.34. The van der Waals surface area contributed by atoms with Crippen molar-refractivity contribution in [3.05, 3.63) is 103 Å². The Kier molecular flexibility index (Phi) is 3.71. The van der Waals surface area contributed by atoms with E-state index >= 15 is 0 Å². The Morgan fingerprint density at radius 3 is 2.46 bits per heavy atom. The Hall–Kier alpha value is -3.14. The first kappa shape index (κ1) is 14.5. The highest BCUT2D eigenvalue weighted by Gasteiger charge is 2.20. The summed E-state index contributed by atoms with van der Waals surface area (Å²) >= 11 is 0. The van der Waals surface area contributed by atoms with Gasteiger partial charge in [0, 0.05) is 35.9 Å². The third-order valence-electron chi connectivity index (χ3n) is 4.17. The monoisotopic (exact) mass is 317 g/mol. The first-order valence-electron chi connectivity index (χ1n) is 7.78. The summed E-state index contributed by atoms with van der Waals surface area (Å²) in [5.41, 5.74) is 4.32. The van der Waals surface area contributed by atoms with E-state index in [1.54, 1.807) is 18.3 Å². The lowest BCUT2D eigenvalue weighted by Gasteiger charge is -2.20. The second-order valence-electron chi connectivity index (χ2n) is 5.65. The minimum Gasteiger partial charge on any atom is -0.367 e. The number of rotatable bonds is 4. The van der Waals surface area contributed by atoms with Gasteiger partial charge in [0.25, 0.3) is 0 Å². The lowest BCUT2D eigenvalue weighted by Crippen LogP contribution is -2.10. The zero-order valence-corrected chi connectivity index (χ0v) is 12.9. The Balaban J connectivity index is 1.86. The molecule has 0 fully saturated rings. The Labute approximate surface area is 139 Å². The van der Waals surface area contributed by atoms with Crippen LogP contribution < -0.4 is 0 Å². The smallest absolute Gasteiger partial charge is 0.123 e. The number of benzene rings is 2. The van der Waals surface area contributed by atoms with E-state index in [4.69, 9.17) is 0 Å². The third kappa shape index (κ3) is 2.63. The zero-order chi connectivity index (χ0) is 16.4. The van der Waals surface area contributed by atoms with Gasteiger partial charge in [-0.05, 0) is 23.3 Å². The molecule has 0 saturated heterocycles. The van der Waals surface area contributed by atoms with Crippen LogP contribution in [0.25, 0.3) is 11.1 Å². The van der Waals surface area contributed by atoms with Gasteiger partial charge in [0.05, 0.1) is 12.4 Å². The van der Waals surface area contributed by atoms with Crippen LogP contribution in [0, 0.1) is 5.82 Å². The van der Waals surface area contributed by atoms with Crippen LogP contribution in [0.5, 0.6) is 0 Å². The molecule has 3 nitrogen and oxygen atoms in total. The number of H-pyrrole nitrogens is 1. The summed E-state index contributed by atoms with van der Waals surface area (Å²) in [5, 5.41) is 0. The predicted molar refractivity (Wildman–Crippen MR) is 92.1 cm³/mol. The van der Waals surface area contributed by atoms with E-state index < -0.39 is 0 Å². The van der Waals surface area contributed by atoms with E-state index in [-0.39, 0.29) is 11.9 Å². The summed E-state index contributed by atoms with van der Waals surface area (Å²) in [5.74, 6) is -0.231. The van der Waals surface area contributed by atoms with Crippen LogP contribution in [0.15, 0.2) is 85.7 Å². The Bertz CT molecular complexity index is 909. The van der Waals surface area contributed by atoms with Crippen molar-refractivity contribution in [2.45, 2.75) is 6.04 Å². The average Bonchev–Trinajstić information content (AvgIpc) is 3.30. The van der Waals surface area contributed by atoms with Crippen LogP contribution in [0.3, 0.4) is 0 Å². The zero-order valence-electron chi connectivity index (χ0n) is 12.9. The summed E-state index contributed by atoms with van der Waals surface area (Å²) in [4.78, 5) is 7.39. The van der Waals surface area contributed by atoms with Crippen LogP contribution in [-0.2, 0) is 0 Å². The van der Waals surface area contributed by atoms with Crippen molar-refractivity contribution in [2.24, 2.45) is 0 Å². The molecular formula is C20H16FN3. The van der Waals surface area contributed by atoms with Crippen LogP contribution >= 0.6 is 0 Å². The van der Waals surface area contributed by atoms with Gasteiger partial charge < -0.3 is 9.55 Å². The number of hydrogen-bond donors (Lipinski definition) is 1. The van der Waals surface area contributed by atoms with Crippen molar-refractivity contribution in [3.63, 3.8) is 0 Å². The van der Waals surface area contributed by atoms with E-state index in [2.05, 4.69) is 26.7 Å². The van der Waals surface area contributed by atoms with Gasteiger partial charge in [-0.25, -0.2) is 9.37 Å². The maximum Gasteiger partial charge on any atom is 0.123 e. The Morgan fingerprint density at radius 1 is 0.958 bits per heavy atom. The van der Waals surface area contributed by atoms with Crippen molar-refractivity contribution < 1.29 is 4.39 Å². The summed E-state index contributed by atoms with van der Waals surface area (Å²) < 4.78 is 15.3. The molecule has 4 rings (SSSR count). The normalized spacial score (nSPS) is 12.2. The first-order valence-corrected chi connectivity index (χ1v) is 7.78. The fraction of sp³-hybridized carbons (Fsp3) is 0.0500. The quantitative estimate of drug-likeness (QED) is 0.584. The molecule has 0 amide bonds. The molecule has 24 heavy (non-hydrogen) atoms. The highest BCUT2D eigenvalue weighted by atomic mass is 19.1. The molecule has 0 aliphatic rings. The molecule has 2 heterocycles. The van der Waals surface area contributed by atoms with Crippen LogP contribution in [0.2, 0.25) is 0 Å². The number of hydrogen-bond acceptors (Lipinski definition) is 1. The van der Waals surface area contributed by atoms with Crippen molar-refractivity contribution in [3.8, 4) is 11.1 Å². The molecule has 0 bridgehead atoms. The van der Waals surface area contributed by atoms with Crippen molar-refractivity contribution in [2.75, 3.05) is 0 Å². The maximum atomic E-state index is 13.3. The molecule has 0 unspecified atom stereocenters. The molecule has 4 heteroatoms. The standard InChI is InChI=1S/C20H16FN3/c21-17-8-6-15(7-9-17)18-12-23-13-19(18)20(24-11-10-22-14-24)16-4-2-1-3-5-16/h1-14,20,23H/t20-/m1/s1. The third-order valence-corrected chi connectivity index (χ3v) is 4.17. The van der Waals surface area contributed by atoms with Crippen molar-refractivity contribution >= 4 is 0 Å². The van der Waals surface area contributed by atoms with Gasteiger partial charge in [-0.15, -0.1) is 0 Å². The topological polar surface area (TPSA) is 33.6 Å². The first-order chi connectivity index (χ1) is 11.8. The van der Waals surface area contributed by atoms with Crippen molar-refractivity contribution in [1.29, 1.82) is 0 Å². The van der Waals surface area contributed by atoms with Crippen LogP contribution in [-0.4, -0.2) is 14.5 Å². The number of aromatic amines is 1. The predicted octanol–water partition coefficient (Wildman–Crippen LogP) is 4.66. The summed E-state index contributed by atoms with van der Waals surface area (Å²) in [6, 6.07) is 16.9. The molecular weight excluding hydrogens is 301 g/mol. The second-order valence-corrected chi connectivity index (χ2v) is 5.65. The van der Waals surface area contributed by atoms with Crippen molar-refractivity contribution in [1.82, 2.24) is 14.5 Å². The number of imidazole rings is 1. The summed E-state index contributed by atoms with van der Waals surface area (Å²) in [6.45, 7) is 0. The molecule has 1 N–H and O–H groups in total. The lowest BCUT2D eigenvalue weighted by atomic mass is 9.94. The van der Waals surface area contributed by atoms with E-state index in [0.717, 1.165) is 16.7 Å². The minimum atomic E-state index is -0.231. The van der Waals surface area contributed by atoms with Gasteiger partial charge in [-0.3, -0.25) is 0 Å². The van der Waals surface area contributed by atoms with Gasteiger partial charge in [0.2, 0.25) is 0 Å². The fourth-order valence-corrected chi connectivity index (χ4v) is 3.05. The van der Waals surface area contributed by atoms with E-state index in [0.29, 0.717) is 0 Å². The molecule has 2 aromatic carbocycles. The van der Waals surface area contributed by atoms with Gasteiger partial charge in [0.15, 0.2) is 0 Å². The van der Waals surface area contributed by atoms with Crippen LogP contribution in [0.4, 0.5) is 4.39 Å².